The van der Waals surface area contributed by atoms with E-state index in [9.17, 15) is 9.36 Å². The second kappa shape index (κ2) is 9.66. The van der Waals surface area contributed by atoms with Gasteiger partial charge in [-0.2, -0.15) is 0 Å². The standard InChI is InChI=1S/C12H26NO5PS/c1-6-16-19(15,17-7-2)10-20-9-8-13-11(14)18-12(3,4)5/h6-10H2,1-5H3,(H,13,14). The zero-order valence-electron chi connectivity index (χ0n) is 12.9. The summed E-state index contributed by atoms with van der Waals surface area (Å²) in [5.41, 5.74) is -0.221. The minimum absolute atomic E-state index is 0.282. The van der Waals surface area contributed by atoms with E-state index < -0.39 is 19.3 Å². The van der Waals surface area contributed by atoms with Crippen LogP contribution in [0.25, 0.3) is 0 Å². The highest BCUT2D eigenvalue weighted by molar-refractivity contribution is 8.04. The molecular weight excluding hydrogens is 301 g/mol. The number of alkyl carbamates (subject to hydrolysis) is 1. The number of carbonyl (C=O) groups excluding carboxylic acids is 1. The SMILES string of the molecule is CCOP(=O)(CSCCNC(=O)OC(C)(C)C)OCC. The molecule has 0 heterocycles. The second-order valence-electron chi connectivity index (χ2n) is 4.91. The molecule has 0 aliphatic heterocycles. The van der Waals surface area contributed by atoms with E-state index in [0.29, 0.717) is 25.5 Å². The molecule has 0 saturated carbocycles. The number of ether oxygens (including phenoxy) is 1. The first-order valence-corrected chi connectivity index (χ1v) is 9.53. The monoisotopic (exact) mass is 327 g/mol. The van der Waals surface area contributed by atoms with Crippen LogP contribution in [-0.4, -0.2) is 42.7 Å². The lowest BCUT2D eigenvalue weighted by Gasteiger charge is -2.19. The van der Waals surface area contributed by atoms with E-state index in [1.165, 1.54) is 11.8 Å². The summed E-state index contributed by atoms with van der Waals surface area (Å²) in [5, 5.41) is 2.64. The molecule has 0 aliphatic rings. The largest absolute Gasteiger partial charge is 0.444 e. The predicted octanol–water partition coefficient (Wildman–Crippen LogP) is 3.47. The van der Waals surface area contributed by atoms with Gasteiger partial charge in [-0.15, -0.1) is 11.8 Å². The molecule has 6 nitrogen and oxygen atoms in total. The molecule has 1 amide bonds. The van der Waals surface area contributed by atoms with Gasteiger partial charge in [-0.05, 0) is 34.6 Å². The molecule has 0 aliphatic carbocycles. The first-order valence-electron chi connectivity index (χ1n) is 6.65. The van der Waals surface area contributed by atoms with E-state index in [2.05, 4.69) is 5.32 Å². The molecule has 0 rings (SSSR count). The normalized spacial score (nSPS) is 12.2. The summed E-state index contributed by atoms with van der Waals surface area (Å²) in [6.07, 6.45) is -0.448. The van der Waals surface area contributed by atoms with Gasteiger partial charge in [0.05, 0.1) is 18.7 Å². The summed E-state index contributed by atoms with van der Waals surface area (Å²) >= 11 is 1.42. The van der Waals surface area contributed by atoms with Crippen LogP contribution in [0.1, 0.15) is 34.6 Å². The van der Waals surface area contributed by atoms with E-state index in [4.69, 9.17) is 13.8 Å². The minimum Gasteiger partial charge on any atom is -0.444 e. The maximum absolute atomic E-state index is 12.1. The molecule has 0 aromatic heterocycles. The third-order valence-electron chi connectivity index (χ3n) is 1.82. The van der Waals surface area contributed by atoms with Crippen LogP contribution in [0.3, 0.4) is 0 Å². The number of hydrogen-bond acceptors (Lipinski definition) is 6. The molecule has 0 bridgehead atoms. The van der Waals surface area contributed by atoms with Crippen molar-refractivity contribution in [3.8, 4) is 0 Å². The van der Waals surface area contributed by atoms with Crippen molar-refractivity contribution >= 4 is 25.5 Å². The van der Waals surface area contributed by atoms with E-state index >= 15 is 0 Å². The number of rotatable bonds is 9. The molecule has 1 N–H and O–H groups in total. The van der Waals surface area contributed by atoms with Gasteiger partial charge in [-0.1, -0.05) is 0 Å². The van der Waals surface area contributed by atoms with Crippen molar-refractivity contribution in [3.63, 3.8) is 0 Å². The van der Waals surface area contributed by atoms with Crippen LogP contribution >= 0.6 is 19.4 Å². The van der Waals surface area contributed by atoms with Crippen LogP contribution in [0.5, 0.6) is 0 Å². The van der Waals surface area contributed by atoms with Gasteiger partial charge in [0.15, 0.2) is 0 Å². The van der Waals surface area contributed by atoms with Crippen molar-refractivity contribution in [2.24, 2.45) is 0 Å². The molecule has 0 aromatic carbocycles. The van der Waals surface area contributed by atoms with Gasteiger partial charge in [-0.3, -0.25) is 4.57 Å². The first kappa shape index (κ1) is 19.8. The van der Waals surface area contributed by atoms with Crippen LogP contribution in [0.2, 0.25) is 0 Å². The Balaban J connectivity index is 3.85. The Morgan fingerprint density at radius 1 is 1.20 bits per heavy atom. The van der Waals surface area contributed by atoms with E-state index in [-0.39, 0.29) is 5.49 Å². The van der Waals surface area contributed by atoms with Crippen molar-refractivity contribution in [3.05, 3.63) is 0 Å². The summed E-state index contributed by atoms with van der Waals surface area (Å²) in [4.78, 5) is 11.4. The topological polar surface area (TPSA) is 73.9 Å². The smallest absolute Gasteiger partial charge is 0.407 e. The molecule has 8 heteroatoms. The summed E-state index contributed by atoms with van der Waals surface area (Å²) in [7, 11) is -3.00. The lowest BCUT2D eigenvalue weighted by molar-refractivity contribution is 0.0531. The van der Waals surface area contributed by atoms with Gasteiger partial charge < -0.3 is 19.1 Å². The Kier molecular flexibility index (Phi) is 9.55. The third kappa shape index (κ3) is 10.5. The summed E-state index contributed by atoms with van der Waals surface area (Å²) < 4.78 is 27.5. The average Bonchev–Trinajstić information content (AvgIpc) is 2.26. The molecule has 0 unspecified atom stereocenters. The average molecular weight is 327 g/mol. The van der Waals surface area contributed by atoms with E-state index in [0.717, 1.165) is 0 Å². The van der Waals surface area contributed by atoms with E-state index in [1.54, 1.807) is 13.8 Å². The fraction of sp³-hybridized carbons (Fsp3) is 0.917. The Hall–Kier alpha value is -0.230. The van der Waals surface area contributed by atoms with Crippen molar-refractivity contribution in [2.75, 3.05) is 31.0 Å². The second-order valence-corrected chi connectivity index (χ2v) is 8.50. The van der Waals surface area contributed by atoms with Crippen LogP contribution in [0.4, 0.5) is 4.79 Å². The maximum Gasteiger partial charge on any atom is 0.407 e. The van der Waals surface area contributed by atoms with Crippen LogP contribution in [0.15, 0.2) is 0 Å². The van der Waals surface area contributed by atoms with Gasteiger partial charge in [0.2, 0.25) is 0 Å². The van der Waals surface area contributed by atoms with Gasteiger partial charge in [-0.25, -0.2) is 4.79 Å². The quantitative estimate of drug-likeness (QED) is 0.516. The van der Waals surface area contributed by atoms with Crippen molar-refractivity contribution in [1.29, 1.82) is 0 Å². The summed E-state index contributed by atoms with van der Waals surface area (Å²) in [6, 6.07) is 0. The maximum atomic E-state index is 12.1. The van der Waals surface area contributed by atoms with Crippen molar-refractivity contribution < 1.29 is 23.1 Å². The molecule has 20 heavy (non-hydrogen) atoms. The van der Waals surface area contributed by atoms with Crippen molar-refractivity contribution in [1.82, 2.24) is 5.32 Å². The molecule has 0 spiro atoms. The molecule has 0 saturated heterocycles. The zero-order chi connectivity index (χ0) is 15.6. The van der Waals surface area contributed by atoms with E-state index in [1.807, 2.05) is 20.8 Å². The molecule has 0 atom stereocenters. The zero-order valence-corrected chi connectivity index (χ0v) is 14.6. The van der Waals surface area contributed by atoms with Gasteiger partial charge in [0.1, 0.15) is 5.60 Å². The molecule has 0 aromatic rings. The lowest BCUT2D eigenvalue weighted by atomic mass is 10.2. The third-order valence-corrected chi connectivity index (χ3v) is 5.61. The number of carbonyl (C=O) groups is 1. The minimum atomic E-state index is -3.00. The Bertz CT molecular complexity index is 322. The summed E-state index contributed by atoms with van der Waals surface area (Å²) in [6.45, 7) is 10.1. The summed E-state index contributed by atoms with van der Waals surface area (Å²) in [5.74, 6) is 0.614. The highest BCUT2D eigenvalue weighted by Crippen LogP contribution is 2.50. The molecule has 0 fully saturated rings. The fourth-order valence-corrected chi connectivity index (χ4v) is 4.34. The van der Waals surface area contributed by atoms with Gasteiger partial charge in [0.25, 0.3) is 0 Å². The molecule has 0 radical (unpaired) electrons. The van der Waals surface area contributed by atoms with Gasteiger partial charge in [0, 0.05) is 12.3 Å². The number of thioether (sulfide) groups is 1. The number of hydrogen-bond donors (Lipinski definition) is 1. The first-order chi connectivity index (χ1) is 9.22. The molecule has 120 valence electrons. The van der Waals surface area contributed by atoms with Gasteiger partial charge >= 0.3 is 13.7 Å². The van der Waals surface area contributed by atoms with Crippen LogP contribution in [-0.2, 0) is 18.3 Å². The van der Waals surface area contributed by atoms with Crippen LogP contribution in [0, 0.1) is 0 Å². The molecular formula is C12H26NO5PS. The highest BCUT2D eigenvalue weighted by atomic mass is 32.2. The number of amides is 1. The fourth-order valence-electron chi connectivity index (χ4n) is 1.22. The van der Waals surface area contributed by atoms with Crippen LogP contribution < -0.4 is 5.32 Å². The number of nitrogens with one attached hydrogen (secondary N) is 1. The highest BCUT2D eigenvalue weighted by Gasteiger charge is 2.23. The lowest BCUT2D eigenvalue weighted by Crippen LogP contribution is -2.33. The predicted molar refractivity (Wildman–Crippen MR) is 82.4 cm³/mol. The van der Waals surface area contributed by atoms with Crippen molar-refractivity contribution in [2.45, 2.75) is 40.2 Å². The Labute approximate surface area is 125 Å². The Morgan fingerprint density at radius 2 is 1.75 bits per heavy atom. The Morgan fingerprint density at radius 3 is 2.20 bits per heavy atom.